The van der Waals surface area contributed by atoms with Crippen molar-refractivity contribution in [3.05, 3.63) is 29.3 Å². The maximum Gasteiger partial charge on any atom is 0.258 e. The Labute approximate surface area is 135 Å². The number of aliphatic hydroxyl groups excluding tert-OH is 1. The van der Waals surface area contributed by atoms with Crippen LogP contribution < -0.4 is 5.43 Å². The predicted molar refractivity (Wildman–Crippen MR) is 89.1 cm³/mol. The van der Waals surface area contributed by atoms with Gasteiger partial charge in [-0.2, -0.15) is 5.10 Å². The number of nitrogens with one attached hydrogen (secondary N) is 2. The molecule has 1 heterocycles. The molecule has 1 aliphatic heterocycles. The normalized spacial score (nSPS) is 21.4. The minimum absolute atomic E-state index is 0.207. The number of ether oxygens (including phenoxy) is 1. The van der Waals surface area contributed by atoms with Crippen molar-refractivity contribution in [1.82, 2.24) is 4.90 Å². The largest absolute Gasteiger partial charge is 0.392 e. The summed E-state index contributed by atoms with van der Waals surface area (Å²) >= 11 is 0. The smallest absolute Gasteiger partial charge is 0.258 e. The number of aliphatic hydroxyl groups is 1. The standard InChI is InChI=1S/C16H22N4O3/c1-11-3-4-14(19-18-6-5-17)13(7-11)16(22)20-8-12(2)10-23-15(20)9-21/h3-7,12,15,17,19,21H,8-10H2,1-2H3/b17-5?,18-6-. The molecule has 23 heavy (non-hydrogen) atoms. The summed E-state index contributed by atoms with van der Waals surface area (Å²) in [5, 5.41) is 20.3. The molecule has 2 atom stereocenters. The Morgan fingerprint density at radius 1 is 1.61 bits per heavy atom. The van der Waals surface area contributed by atoms with Gasteiger partial charge in [0.05, 0.1) is 30.7 Å². The van der Waals surface area contributed by atoms with Crippen molar-refractivity contribution < 1.29 is 14.6 Å². The summed E-state index contributed by atoms with van der Waals surface area (Å²) in [6.07, 6.45) is 1.71. The van der Waals surface area contributed by atoms with Crippen molar-refractivity contribution in [3.63, 3.8) is 0 Å². The Hall–Kier alpha value is -2.25. The number of nitrogens with zero attached hydrogens (tertiary/aromatic N) is 2. The number of hydrazone groups is 1. The molecule has 1 amide bonds. The quantitative estimate of drug-likeness (QED) is 0.565. The van der Waals surface area contributed by atoms with Crippen LogP contribution in [0.4, 0.5) is 5.69 Å². The van der Waals surface area contributed by atoms with Crippen molar-refractivity contribution >= 4 is 24.0 Å². The predicted octanol–water partition coefficient (Wildman–Crippen LogP) is 1.47. The van der Waals surface area contributed by atoms with Crippen LogP contribution in [0.25, 0.3) is 0 Å². The second kappa shape index (κ2) is 7.85. The molecule has 1 aromatic carbocycles. The molecule has 2 rings (SSSR count). The lowest BCUT2D eigenvalue weighted by molar-refractivity contribution is -0.118. The average Bonchev–Trinajstić information content (AvgIpc) is 2.55. The zero-order valence-electron chi connectivity index (χ0n) is 13.3. The third-order valence-electron chi connectivity index (χ3n) is 3.59. The number of hydrogen-bond acceptors (Lipinski definition) is 6. The molecule has 1 aliphatic rings. The lowest BCUT2D eigenvalue weighted by Gasteiger charge is -2.37. The molecule has 7 nitrogen and oxygen atoms in total. The van der Waals surface area contributed by atoms with Gasteiger partial charge in [0.1, 0.15) is 0 Å². The van der Waals surface area contributed by atoms with Gasteiger partial charge >= 0.3 is 0 Å². The van der Waals surface area contributed by atoms with E-state index in [0.717, 1.165) is 11.8 Å². The van der Waals surface area contributed by atoms with Gasteiger partial charge < -0.3 is 20.2 Å². The summed E-state index contributed by atoms with van der Waals surface area (Å²) in [5.74, 6) is -0.00856. The summed E-state index contributed by atoms with van der Waals surface area (Å²) in [6.45, 7) is 4.72. The second-order valence-corrected chi connectivity index (χ2v) is 5.64. The molecule has 0 radical (unpaired) electrons. The number of rotatable bonds is 5. The van der Waals surface area contributed by atoms with Gasteiger partial charge in [0.15, 0.2) is 6.23 Å². The van der Waals surface area contributed by atoms with Gasteiger partial charge in [-0.3, -0.25) is 10.2 Å². The fraction of sp³-hybridized carbons (Fsp3) is 0.438. The van der Waals surface area contributed by atoms with Gasteiger partial charge in [-0.05, 0) is 25.0 Å². The lowest BCUT2D eigenvalue weighted by atomic mass is 10.1. The highest BCUT2D eigenvalue weighted by atomic mass is 16.5. The maximum atomic E-state index is 12.9. The molecular weight excluding hydrogens is 296 g/mol. The second-order valence-electron chi connectivity index (χ2n) is 5.64. The van der Waals surface area contributed by atoms with Crippen LogP contribution in [0.15, 0.2) is 23.3 Å². The van der Waals surface area contributed by atoms with E-state index in [4.69, 9.17) is 10.1 Å². The topological polar surface area (TPSA) is 98.0 Å². The molecule has 0 saturated carbocycles. The van der Waals surface area contributed by atoms with Crippen LogP contribution in [0.1, 0.15) is 22.8 Å². The van der Waals surface area contributed by atoms with Crippen LogP contribution in [-0.2, 0) is 4.74 Å². The minimum Gasteiger partial charge on any atom is -0.392 e. The van der Waals surface area contributed by atoms with Crippen LogP contribution in [0, 0.1) is 18.3 Å². The van der Waals surface area contributed by atoms with Crippen molar-refractivity contribution in [1.29, 1.82) is 5.41 Å². The zero-order chi connectivity index (χ0) is 16.8. The monoisotopic (exact) mass is 318 g/mol. The van der Waals surface area contributed by atoms with Crippen LogP contribution in [0.2, 0.25) is 0 Å². The summed E-state index contributed by atoms with van der Waals surface area (Å²) in [7, 11) is 0. The SMILES string of the molecule is Cc1ccc(N/N=C\C=N)c(C(=O)N2CC(C)COC2CO)c1. The van der Waals surface area contributed by atoms with Gasteiger partial charge in [0, 0.05) is 12.8 Å². The Morgan fingerprint density at radius 3 is 3.09 bits per heavy atom. The van der Waals surface area contributed by atoms with Crippen LogP contribution >= 0.6 is 0 Å². The van der Waals surface area contributed by atoms with E-state index < -0.39 is 6.23 Å². The molecule has 1 aromatic rings. The van der Waals surface area contributed by atoms with E-state index in [-0.39, 0.29) is 18.4 Å². The first-order chi connectivity index (χ1) is 11.1. The minimum atomic E-state index is -0.628. The molecule has 7 heteroatoms. The summed E-state index contributed by atoms with van der Waals surface area (Å²) in [4.78, 5) is 14.5. The average molecular weight is 318 g/mol. The summed E-state index contributed by atoms with van der Waals surface area (Å²) in [6, 6.07) is 5.42. The van der Waals surface area contributed by atoms with Crippen LogP contribution in [-0.4, -0.2) is 54.3 Å². The van der Waals surface area contributed by atoms with E-state index in [1.54, 1.807) is 17.0 Å². The first-order valence-corrected chi connectivity index (χ1v) is 7.49. The molecule has 0 bridgehead atoms. The van der Waals surface area contributed by atoms with Crippen molar-refractivity contribution in [2.45, 2.75) is 20.1 Å². The van der Waals surface area contributed by atoms with E-state index in [2.05, 4.69) is 10.5 Å². The van der Waals surface area contributed by atoms with E-state index in [1.807, 2.05) is 19.9 Å². The third kappa shape index (κ3) is 4.14. The Morgan fingerprint density at radius 2 is 2.39 bits per heavy atom. The zero-order valence-corrected chi connectivity index (χ0v) is 13.3. The molecule has 0 spiro atoms. The highest BCUT2D eigenvalue weighted by Crippen LogP contribution is 2.23. The maximum absolute atomic E-state index is 12.9. The Bertz CT molecular complexity index is 603. The van der Waals surface area contributed by atoms with Crippen molar-refractivity contribution in [2.24, 2.45) is 11.0 Å². The van der Waals surface area contributed by atoms with Crippen LogP contribution in [0.3, 0.4) is 0 Å². The molecule has 1 fully saturated rings. The van der Waals surface area contributed by atoms with Gasteiger partial charge in [-0.25, -0.2) is 0 Å². The van der Waals surface area contributed by atoms with Crippen molar-refractivity contribution in [3.8, 4) is 0 Å². The number of amides is 1. The van der Waals surface area contributed by atoms with E-state index in [9.17, 15) is 9.90 Å². The number of carbonyl (C=O) groups is 1. The van der Waals surface area contributed by atoms with E-state index in [0.29, 0.717) is 24.4 Å². The number of aryl methyl sites for hydroxylation is 1. The lowest BCUT2D eigenvalue weighted by Crippen LogP contribution is -2.51. The van der Waals surface area contributed by atoms with Gasteiger partial charge in [0.2, 0.25) is 0 Å². The first kappa shape index (κ1) is 17.1. The van der Waals surface area contributed by atoms with Gasteiger partial charge in [-0.1, -0.05) is 18.6 Å². The van der Waals surface area contributed by atoms with E-state index in [1.165, 1.54) is 6.21 Å². The van der Waals surface area contributed by atoms with Gasteiger partial charge in [-0.15, -0.1) is 0 Å². The molecule has 3 N–H and O–H groups in total. The highest BCUT2D eigenvalue weighted by Gasteiger charge is 2.31. The van der Waals surface area contributed by atoms with Crippen molar-refractivity contribution in [2.75, 3.05) is 25.2 Å². The molecule has 1 saturated heterocycles. The third-order valence-corrected chi connectivity index (χ3v) is 3.59. The Kier molecular flexibility index (Phi) is 5.84. The fourth-order valence-corrected chi connectivity index (χ4v) is 2.47. The number of anilines is 1. The number of hydrogen-bond donors (Lipinski definition) is 3. The highest BCUT2D eigenvalue weighted by molar-refractivity contribution is 6.14. The molecular formula is C16H22N4O3. The summed E-state index contributed by atoms with van der Waals surface area (Å²) < 4.78 is 5.54. The van der Waals surface area contributed by atoms with Crippen LogP contribution in [0.5, 0.6) is 0 Å². The molecule has 2 unspecified atom stereocenters. The van der Waals surface area contributed by atoms with E-state index >= 15 is 0 Å². The molecule has 124 valence electrons. The first-order valence-electron chi connectivity index (χ1n) is 7.49. The number of carbonyl (C=O) groups excluding carboxylic acids is 1. The molecule has 0 aliphatic carbocycles. The van der Waals surface area contributed by atoms with Gasteiger partial charge in [0.25, 0.3) is 5.91 Å². The summed E-state index contributed by atoms with van der Waals surface area (Å²) in [5.41, 5.74) is 4.73. The number of benzene rings is 1. The molecule has 0 aromatic heterocycles. The fourth-order valence-electron chi connectivity index (χ4n) is 2.47. The Balaban J connectivity index is 2.30.